The summed E-state index contributed by atoms with van der Waals surface area (Å²) in [7, 11) is 0. The van der Waals surface area contributed by atoms with E-state index in [1.807, 2.05) is 6.20 Å². The molecule has 1 aromatic rings. The zero-order valence-corrected chi connectivity index (χ0v) is 10.6. The summed E-state index contributed by atoms with van der Waals surface area (Å²) in [5.41, 5.74) is 1.74. The largest absolute Gasteiger partial charge is 0.381 e. The molecule has 1 aromatic heterocycles. The molecular weight excluding hydrogens is 214 g/mol. The van der Waals surface area contributed by atoms with E-state index < -0.39 is 0 Å². The molecule has 0 unspecified atom stereocenters. The molecule has 0 N–H and O–H groups in total. The Bertz CT molecular complexity index is 382. The molecule has 4 nitrogen and oxygen atoms in total. The van der Waals surface area contributed by atoms with Crippen molar-refractivity contribution in [3.63, 3.8) is 0 Å². The van der Waals surface area contributed by atoms with Gasteiger partial charge in [0.05, 0.1) is 5.69 Å². The fourth-order valence-electron chi connectivity index (χ4n) is 3.11. The lowest BCUT2D eigenvalue weighted by atomic mass is 9.80. The first-order chi connectivity index (χ1) is 8.31. The minimum Gasteiger partial charge on any atom is -0.381 e. The monoisotopic (exact) mass is 235 g/mol. The molecule has 4 heteroatoms. The van der Waals surface area contributed by atoms with E-state index in [9.17, 15) is 0 Å². The van der Waals surface area contributed by atoms with Crippen molar-refractivity contribution in [1.29, 1.82) is 0 Å². The first kappa shape index (κ1) is 11.2. The van der Waals surface area contributed by atoms with Crippen molar-refractivity contribution in [2.24, 2.45) is 5.41 Å². The lowest BCUT2D eigenvalue weighted by Crippen LogP contribution is -2.41. The molecule has 3 rings (SSSR count). The van der Waals surface area contributed by atoms with Crippen LogP contribution in [0.25, 0.3) is 0 Å². The fraction of sp³-hybridized carbons (Fsp3) is 0.769. The van der Waals surface area contributed by atoms with Gasteiger partial charge in [0.2, 0.25) is 0 Å². The maximum Gasteiger partial charge on any atom is 0.0524 e. The summed E-state index contributed by atoms with van der Waals surface area (Å²) in [6.45, 7) is 8.49. The molecule has 3 heterocycles. The third-order valence-electron chi connectivity index (χ3n) is 4.23. The third-order valence-corrected chi connectivity index (χ3v) is 4.23. The van der Waals surface area contributed by atoms with Crippen LogP contribution in [0.5, 0.6) is 0 Å². The zero-order valence-electron chi connectivity index (χ0n) is 10.6. The molecule has 1 fully saturated rings. The van der Waals surface area contributed by atoms with Gasteiger partial charge in [0.15, 0.2) is 0 Å². The standard InChI is InChI=1S/C13H21N3O/c1-2-15-9-12-3-6-14-16(12)11-13(10-15)4-7-17-8-5-13/h3,6H,2,4-5,7-11H2,1H3. The minimum absolute atomic E-state index is 0.380. The van der Waals surface area contributed by atoms with Gasteiger partial charge < -0.3 is 4.74 Å². The summed E-state index contributed by atoms with van der Waals surface area (Å²) in [5, 5.41) is 4.48. The van der Waals surface area contributed by atoms with Crippen LogP contribution in [0, 0.1) is 5.41 Å². The van der Waals surface area contributed by atoms with E-state index >= 15 is 0 Å². The Kier molecular flexibility index (Phi) is 2.92. The van der Waals surface area contributed by atoms with Crippen LogP contribution >= 0.6 is 0 Å². The van der Waals surface area contributed by atoms with Crippen LogP contribution in [-0.2, 0) is 17.8 Å². The van der Waals surface area contributed by atoms with Crippen molar-refractivity contribution in [1.82, 2.24) is 14.7 Å². The Hall–Kier alpha value is -0.870. The number of fused-ring (bicyclic) bond motifs is 1. The maximum absolute atomic E-state index is 5.53. The van der Waals surface area contributed by atoms with Gasteiger partial charge in [-0.05, 0) is 25.5 Å². The van der Waals surface area contributed by atoms with Gasteiger partial charge in [-0.1, -0.05) is 6.92 Å². The summed E-state index contributed by atoms with van der Waals surface area (Å²) in [4.78, 5) is 2.55. The van der Waals surface area contributed by atoms with Gasteiger partial charge in [0.1, 0.15) is 0 Å². The van der Waals surface area contributed by atoms with E-state index in [1.165, 1.54) is 25.1 Å². The van der Waals surface area contributed by atoms with Crippen molar-refractivity contribution in [2.45, 2.75) is 32.9 Å². The van der Waals surface area contributed by atoms with E-state index in [-0.39, 0.29) is 0 Å². The van der Waals surface area contributed by atoms with Gasteiger partial charge in [0, 0.05) is 44.5 Å². The number of ether oxygens (including phenoxy) is 1. The van der Waals surface area contributed by atoms with Gasteiger partial charge in [0.25, 0.3) is 0 Å². The Morgan fingerprint density at radius 3 is 2.94 bits per heavy atom. The Morgan fingerprint density at radius 2 is 2.18 bits per heavy atom. The van der Waals surface area contributed by atoms with Gasteiger partial charge in [-0.3, -0.25) is 9.58 Å². The molecule has 1 spiro atoms. The molecule has 0 atom stereocenters. The quantitative estimate of drug-likeness (QED) is 0.739. The normalized spacial score (nSPS) is 24.5. The van der Waals surface area contributed by atoms with Crippen molar-refractivity contribution in [3.8, 4) is 0 Å². The van der Waals surface area contributed by atoms with E-state index in [0.717, 1.165) is 32.8 Å². The molecule has 1 saturated heterocycles. The smallest absolute Gasteiger partial charge is 0.0524 e. The highest BCUT2D eigenvalue weighted by Crippen LogP contribution is 2.35. The SMILES string of the molecule is CCN1Cc2ccnn2CC2(CCOCC2)C1. The highest BCUT2D eigenvalue weighted by atomic mass is 16.5. The number of rotatable bonds is 1. The van der Waals surface area contributed by atoms with Crippen molar-refractivity contribution in [3.05, 3.63) is 18.0 Å². The van der Waals surface area contributed by atoms with Crippen LogP contribution < -0.4 is 0 Å². The summed E-state index contributed by atoms with van der Waals surface area (Å²) in [6, 6.07) is 2.15. The van der Waals surface area contributed by atoms with Gasteiger partial charge in [-0.15, -0.1) is 0 Å². The first-order valence-electron chi connectivity index (χ1n) is 6.62. The molecule has 0 radical (unpaired) electrons. The number of hydrogen-bond acceptors (Lipinski definition) is 3. The molecule has 0 saturated carbocycles. The molecular formula is C13H21N3O. The van der Waals surface area contributed by atoms with E-state index in [4.69, 9.17) is 4.74 Å². The van der Waals surface area contributed by atoms with Crippen molar-refractivity contribution >= 4 is 0 Å². The molecule has 2 aliphatic rings. The lowest BCUT2D eigenvalue weighted by Gasteiger charge is -2.38. The number of aromatic nitrogens is 2. The highest BCUT2D eigenvalue weighted by Gasteiger charge is 2.37. The Balaban J connectivity index is 1.90. The molecule has 0 bridgehead atoms. The summed E-state index contributed by atoms with van der Waals surface area (Å²) >= 11 is 0. The van der Waals surface area contributed by atoms with Crippen molar-refractivity contribution in [2.75, 3.05) is 26.3 Å². The zero-order chi connectivity index (χ0) is 11.7. The lowest BCUT2D eigenvalue weighted by molar-refractivity contribution is -0.0102. The fourth-order valence-corrected chi connectivity index (χ4v) is 3.11. The average molecular weight is 235 g/mol. The van der Waals surface area contributed by atoms with Gasteiger partial charge in [-0.2, -0.15) is 5.10 Å². The predicted octanol–water partition coefficient (Wildman–Crippen LogP) is 1.52. The molecule has 0 aromatic carbocycles. The Morgan fingerprint density at radius 1 is 1.35 bits per heavy atom. The molecule has 0 aliphatic carbocycles. The number of nitrogens with zero attached hydrogens (tertiary/aromatic N) is 3. The van der Waals surface area contributed by atoms with Crippen LogP contribution in [0.1, 0.15) is 25.5 Å². The van der Waals surface area contributed by atoms with Crippen LogP contribution in [0.3, 0.4) is 0 Å². The summed E-state index contributed by atoms with van der Waals surface area (Å²) in [5.74, 6) is 0. The average Bonchev–Trinajstić information content (AvgIpc) is 2.71. The van der Waals surface area contributed by atoms with E-state index in [2.05, 4.69) is 27.7 Å². The van der Waals surface area contributed by atoms with E-state index in [1.54, 1.807) is 0 Å². The second kappa shape index (κ2) is 4.42. The second-order valence-electron chi connectivity index (χ2n) is 5.40. The van der Waals surface area contributed by atoms with Gasteiger partial charge >= 0.3 is 0 Å². The molecule has 94 valence electrons. The molecule has 2 aliphatic heterocycles. The first-order valence-corrected chi connectivity index (χ1v) is 6.62. The van der Waals surface area contributed by atoms with Crippen molar-refractivity contribution < 1.29 is 4.74 Å². The van der Waals surface area contributed by atoms with E-state index in [0.29, 0.717) is 5.41 Å². The second-order valence-corrected chi connectivity index (χ2v) is 5.40. The highest BCUT2D eigenvalue weighted by molar-refractivity contribution is 5.04. The van der Waals surface area contributed by atoms with Crippen LogP contribution in [0.2, 0.25) is 0 Å². The third kappa shape index (κ3) is 2.11. The minimum atomic E-state index is 0.380. The summed E-state index contributed by atoms with van der Waals surface area (Å²) < 4.78 is 7.74. The molecule has 17 heavy (non-hydrogen) atoms. The summed E-state index contributed by atoms with van der Waals surface area (Å²) in [6.07, 6.45) is 4.27. The molecule has 0 amide bonds. The topological polar surface area (TPSA) is 30.3 Å². The maximum atomic E-state index is 5.53. The Labute approximate surface area is 103 Å². The van der Waals surface area contributed by atoms with Crippen LogP contribution in [0.15, 0.2) is 12.3 Å². The van der Waals surface area contributed by atoms with Gasteiger partial charge in [-0.25, -0.2) is 0 Å². The predicted molar refractivity (Wildman–Crippen MR) is 65.7 cm³/mol. The van der Waals surface area contributed by atoms with Crippen LogP contribution in [0.4, 0.5) is 0 Å². The number of hydrogen-bond donors (Lipinski definition) is 0. The van der Waals surface area contributed by atoms with Crippen LogP contribution in [-0.4, -0.2) is 41.0 Å².